The zero-order chi connectivity index (χ0) is 21.1. The molecule has 0 saturated carbocycles. The molecule has 0 aliphatic carbocycles. The normalized spacial score (nSPS) is 12.6. The van der Waals surface area contributed by atoms with Crippen molar-refractivity contribution in [3.05, 3.63) is 71.4 Å². The lowest BCUT2D eigenvalue weighted by Crippen LogP contribution is -2.30. The van der Waals surface area contributed by atoms with E-state index >= 15 is 0 Å². The van der Waals surface area contributed by atoms with Crippen LogP contribution >= 0.6 is 23.4 Å². The standard InChI is InChI=1S/C22H18ClN3O3S/c1-2-26-18-10-7-15(25-20(27)13-29-16-8-5-14(23)6-9-16)12-19(18)30-21-17(22(26)28)4-3-11-24-21/h3-12H,2,13H2,1H3,(H,25,27). The molecule has 6 nitrogen and oxygen atoms in total. The molecule has 1 aliphatic rings. The van der Waals surface area contributed by atoms with Gasteiger partial charge in [0.05, 0.1) is 11.3 Å². The molecule has 0 radical (unpaired) electrons. The Hall–Kier alpha value is -3.03. The second-order valence-corrected chi connectivity index (χ2v) is 7.95. The van der Waals surface area contributed by atoms with Crippen LogP contribution in [0.2, 0.25) is 5.02 Å². The lowest BCUT2D eigenvalue weighted by molar-refractivity contribution is -0.118. The quantitative estimate of drug-likeness (QED) is 0.613. The van der Waals surface area contributed by atoms with Crippen LogP contribution in [0.4, 0.5) is 11.4 Å². The summed E-state index contributed by atoms with van der Waals surface area (Å²) in [5.41, 5.74) is 1.98. The van der Waals surface area contributed by atoms with E-state index in [2.05, 4.69) is 10.3 Å². The highest BCUT2D eigenvalue weighted by Gasteiger charge is 2.27. The zero-order valence-corrected chi connectivity index (χ0v) is 17.7. The van der Waals surface area contributed by atoms with E-state index in [1.54, 1.807) is 53.6 Å². The summed E-state index contributed by atoms with van der Waals surface area (Å²) >= 11 is 7.26. The van der Waals surface area contributed by atoms with Crippen LogP contribution < -0.4 is 15.0 Å². The molecule has 1 aromatic heterocycles. The summed E-state index contributed by atoms with van der Waals surface area (Å²) < 4.78 is 5.48. The molecule has 2 heterocycles. The Kier molecular flexibility index (Phi) is 5.92. The van der Waals surface area contributed by atoms with Gasteiger partial charge in [-0.05, 0) is 61.5 Å². The van der Waals surface area contributed by atoms with Crippen molar-refractivity contribution in [2.75, 3.05) is 23.4 Å². The number of hydrogen-bond acceptors (Lipinski definition) is 5. The number of aromatic nitrogens is 1. The molecule has 152 valence electrons. The summed E-state index contributed by atoms with van der Waals surface area (Å²) in [7, 11) is 0. The van der Waals surface area contributed by atoms with E-state index in [-0.39, 0.29) is 18.4 Å². The van der Waals surface area contributed by atoms with E-state index in [0.717, 1.165) is 10.6 Å². The van der Waals surface area contributed by atoms with Crippen molar-refractivity contribution in [2.24, 2.45) is 0 Å². The van der Waals surface area contributed by atoms with Gasteiger partial charge >= 0.3 is 0 Å². The minimum absolute atomic E-state index is 0.0833. The number of carbonyl (C=O) groups is 2. The fourth-order valence-electron chi connectivity index (χ4n) is 3.08. The molecule has 1 aliphatic heterocycles. The highest BCUT2D eigenvalue weighted by atomic mass is 35.5. The first kappa shape index (κ1) is 20.3. The van der Waals surface area contributed by atoms with E-state index in [1.165, 1.54) is 11.8 Å². The molecule has 3 aromatic rings. The van der Waals surface area contributed by atoms with Gasteiger partial charge in [-0.3, -0.25) is 9.59 Å². The molecule has 8 heteroatoms. The zero-order valence-electron chi connectivity index (χ0n) is 16.1. The van der Waals surface area contributed by atoms with E-state index in [0.29, 0.717) is 33.6 Å². The maximum Gasteiger partial charge on any atom is 0.262 e. The maximum atomic E-state index is 12.9. The van der Waals surface area contributed by atoms with Crippen LogP contribution in [-0.4, -0.2) is 29.9 Å². The lowest BCUT2D eigenvalue weighted by atomic mass is 10.2. The van der Waals surface area contributed by atoms with Gasteiger partial charge < -0.3 is 15.0 Å². The van der Waals surface area contributed by atoms with Crippen molar-refractivity contribution in [3.8, 4) is 5.75 Å². The number of ether oxygens (including phenoxy) is 1. The van der Waals surface area contributed by atoms with Gasteiger partial charge in [0.15, 0.2) is 6.61 Å². The Bertz CT molecular complexity index is 1110. The summed E-state index contributed by atoms with van der Waals surface area (Å²) in [6.07, 6.45) is 1.67. The predicted octanol–water partition coefficient (Wildman–Crippen LogP) is 4.88. The van der Waals surface area contributed by atoms with Gasteiger partial charge in [0.2, 0.25) is 0 Å². The number of nitrogens with zero attached hydrogens (tertiary/aromatic N) is 2. The van der Waals surface area contributed by atoms with Crippen molar-refractivity contribution in [1.82, 2.24) is 4.98 Å². The first-order valence-electron chi connectivity index (χ1n) is 9.32. The topological polar surface area (TPSA) is 71.5 Å². The summed E-state index contributed by atoms with van der Waals surface area (Å²) in [5.74, 6) is 0.192. The minimum atomic E-state index is -0.287. The number of halogens is 1. The lowest BCUT2D eigenvalue weighted by Gasteiger charge is -2.21. The SMILES string of the molecule is CCN1C(=O)c2cccnc2Sc2cc(NC(=O)COc3ccc(Cl)cc3)ccc21. The Morgan fingerprint density at radius 2 is 2.00 bits per heavy atom. The van der Waals surface area contributed by atoms with Crippen molar-refractivity contribution >= 4 is 46.6 Å². The van der Waals surface area contributed by atoms with E-state index < -0.39 is 0 Å². The molecule has 0 atom stereocenters. The van der Waals surface area contributed by atoms with Crippen LogP contribution in [0.1, 0.15) is 17.3 Å². The molecule has 2 amide bonds. The van der Waals surface area contributed by atoms with Crippen LogP contribution in [0.15, 0.2) is 70.7 Å². The number of benzene rings is 2. The van der Waals surface area contributed by atoms with Crippen LogP contribution in [0, 0.1) is 0 Å². The van der Waals surface area contributed by atoms with Crippen molar-refractivity contribution in [3.63, 3.8) is 0 Å². The van der Waals surface area contributed by atoms with Gasteiger partial charge in [0, 0.05) is 28.3 Å². The molecule has 0 saturated heterocycles. The largest absolute Gasteiger partial charge is 0.484 e. The summed E-state index contributed by atoms with van der Waals surface area (Å²) in [6.45, 7) is 2.33. The second kappa shape index (κ2) is 8.77. The molecule has 30 heavy (non-hydrogen) atoms. The molecular formula is C22H18ClN3O3S. The molecular weight excluding hydrogens is 422 g/mol. The van der Waals surface area contributed by atoms with Gasteiger partial charge in [-0.25, -0.2) is 4.98 Å². The molecule has 4 rings (SSSR count). The first-order chi connectivity index (χ1) is 14.5. The third-order valence-electron chi connectivity index (χ3n) is 4.49. The van der Waals surface area contributed by atoms with Crippen molar-refractivity contribution in [1.29, 1.82) is 0 Å². The monoisotopic (exact) mass is 439 g/mol. The van der Waals surface area contributed by atoms with E-state index in [4.69, 9.17) is 16.3 Å². The van der Waals surface area contributed by atoms with Gasteiger partial charge in [-0.2, -0.15) is 0 Å². The number of anilines is 2. The Morgan fingerprint density at radius 3 is 2.77 bits per heavy atom. The van der Waals surface area contributed by atoms with Crippen LogP contribution in [0.5, 0.6) is 5.75 Å². The first-order valence-corrected chi connectivity index (χ1v) is 10.5. The highest BCUT2D eigenvalue weighted by Crippen LogP contribution is 2.41. The number of rotatable bonds is 5. The number of hydrogen-bond donors (Lipinski definition) is 1. The average molecular weight is 440 g/mol. The number of nitrogens with one attached hydrogen (secondary N) is 1. The number of fused-ring (bicyclic) bond motifs is 2. The number of pyridine rings is 1. The number of amides is 2. The van der Waals surface area contributed by atoms with Crippen LogP contribution in [0.3, 0.4) is 0 Å². The average Bonchev–Trinajstić information content (AvgIpc) is 2.87. The summed E-state index contributed by atoms with van der Waals surface area (Å²) in [4.78, 5) is 32.1. The predicted molar refractivity (Wildman–Crippen MR) is 118 cm³/mol. The molecule has 2 aromatic carbocycles. The molecule has 0 fully saturated rings. The van der Waals surface area contributed by atoms with Gasteiger partial charge in [-0.15, -0.1) is 0 Å². The Balaban J connectivity index is 1.52. The summed E-state index contributed by atoms with van der Waals surface area (Å²) in [6, 6.07) is 15.8. The van der Waals surface area contributed by atoms with Gasteiger partial charge in [-0.1, -0.05) is 23.4 Å². The van der Waals surface area contributed by atoms with Crippen molar-refractivity contribution in [2.45, 2.75) is 16.8 Å². The smallest absolute Gasteiger partial charge is 0.262 e. The number of carbonyl (C=O) groups excluding carboxylic acids is 2. The molecule has 0 spiro atoms. The summed E-state index contributed by atoms with van der Waals surface area (Å²) in [5, 5.41) is 4.08. The van der Waals surface area contributed by atoms with E-state index in [1.807, 2.05) is 19.1 Å². The van der Waals surface area contributed by atoms with Crippen LogP contribution in [-0.2, 0) is 4.79 Å². The fraction of sp³-hybridized carbons (Fsp3) is 0.136. The van der Waals surface area contributed by atoms with Gasteiger partial charge in [0.1, 0.15) is 10.8 Å². The maximum absolute atomic E-state index is 12.9. The molecule has 0 unspecified atom stereocenters. The highest BCUT2D eigenvalue weighted by molar-refractivity contribution is 7.99. The molecule has 0 bridgehead atoms. The third-order valence-corrected chi connectivity index (χ3v) is 5.81. The van der Waals surface area contributed by atoms with Crippen molar-refractivity contribution < 1.29 is 14.3 Å². The van der Waals surface area contributed by atoms with E-state index in [9.17, 15) is 9.59 Å². The fourth-order valence-corrected chi connectivity index (χ4v) is 4.26. The molecule has 1 N–H and O–H groups in total. The minimum Gasteiger partial charge on any atom is -0.484 e. The van der Waals surface area contributed by atoms with Gasteiger partial charge in [0.25, 0.3) is 11.8 Å². The third kappa shape index (κ3) is 4.27. The second-order valence-electron chi connectivity index (χ2n) is 6.48. The van der Waals surface area contributed by atoms with Crippen LogP contribution in [0.25, 0.3) is 0 Å². The Labute approximate surface area is 183 Å². The Morgan fingerprint density at radius 1 is 1.20 bits per heavy atom.